The van der Waals surface area contributed by atoms with Crippen LogP contribution in [0.4, 0.5) is 0 Å². The van der Waals surface area contributed by atoms with Gasteiger partial charge in [0.2, 0.25) is 0 Å². The fraction of sp³-hybridized carbons (Fsp3) is 0.636. The van der Waals surface area contributed by atoms with Gasteiger partial charge in [-0.25, -0.2) is 4.37 Å². The molecule has 6 heteroatoms. The van der Waals surface area contributed by atoms with E-state index in [9.17, 15) is 0 Å². The fourth-order valence-electron chi connectivity index (χ4n) is 2.41. The zero-order valence-corrected chi connectivity index (χ0v) is 12.8. The summed E-state index contributed by atoms with van der Waals surface area (Å²) < 4.78 is 4.10. The van der Waals surface area contributed by atoms with Crippen LogP contribution in [-0.4, -0.2) is 34.4 Å². The molecule has 2 aliphatic heterocycles. The summed E-state index contributed by atoms with van der Waals surface area (Å²) in [6, 6.07) is 2.72. The van der Waals surface area contributed by atoms with Crippen LogP contribution >= 0.6 is 35.5 Å². The zero-order valence-electron chi connectivity index (χ0n) is 9.63. The summed E-state index contributed by atoms with van der Waals surface area (Å²) in [7, 11) is 0. The predicted octanol–water partition coefficient (Wildman–Crippen LogP) is 2.07. The maximum atomic E-state index is 4.60. The number of piperidine rings is 1. The number of nitrogens with one attached hydrogen (secondary N) is 1. The van der Waals surface area contributed by atoms with Gasteiger partial charge < -0.3 is 10.2 Å². The van der Waals surface area contributed by atoms with Crippen molar-refractivity contribution in [3.63, 3.8) is 0 Å². The van der Waals surface area contributed by atoms with Crippen molar-refractivity contribution in [3.8, 4) is 0 Å². The second-order valence-corrected chi connectivity index (χ2v) is 5.26. The second kappa shape index (κ2) is 5.99. The number of rotatable bonds is 2. The van der Waals surface area contributed by atoms with Crippen molar-refractivity contribution in [2.45, 2.75) is 31.8 Å². The highest BCUT2D eigenvalue weighted by atomic mass is 127. The topological polar surface area (TPSA) is 40.5 Å². The summed E-state index contributed by atoms with van der Waals surface area (Å²) in [5.74, 6) is 1.10. The minimum absolute atomic E-state index is 0. The van der Waals surface area contributed by atoms with Crippen LogP contribution in [0.1, 0.15) is 24.1 Å². The average molecular weight is 364 g/mol. The number of fused-ring (bicyclic) bond motifs is 1. The molecule has 0 spiro atoms. The van der Waals surface area contributed by atoms with Gasteiger partial charge in [0.1, 0.15) is 0 Å². The molecule has 0 amide bonds. The number of halogens is 1. The van der Waals surface area contributed by atoms with Crippen LogP contribution in [-0.2, 0) is 6.54 Å². The Morgan fingerprint density at radius 3 is 3.24 bits per heavy atom. The first-order valence-electron chi connectivity index (χ1n) is 5.88. The van der Waals surface area contributed by atoms with Gasteiger partial charge in [-0.3, -0.25) is 4.99 Å². The predicted molar refractivity (Wildman–Crippen MR) is 81.0 cm³/mol. The first kappa shape index (κ1) is 13.1. The minimum Gasteiger partial charge on any atom is -0.351 e. The van der Waals surface area contributed by atoms with Gasteiger partial charge in [-0.1, -0.05) is 0 Å². The lowest BCUT2D eigenvalue weighted by molar-refractivity contribution is 0.262. The second-order valence-electron chi connectivity index (χ2n) is 4.34. The lowest BCUT2D eigenvalue weighted by Crippen LogP contribution is -2.45. The van der Waals surface area contributed by atoms with E-state index in [0.29, 0.717) is 6.04 Å². The Bertz CT molecular complexity index is 379. The molecule has 1 saturated heterocycles. The summed E-state index contributed by atoms with van der Waals surface area (Å²) in [6.07, 6.45) is 5.81. The van der Waals surface area contributed by atoms with E-state index in [2.05, 4.69) is 25.6 Å². The van der Waals surface area contributed by atoms with E-state index in [-0.39, 0.29) is 24.0 Å². The first-order chi connectivity index (χ1) is 7.93. The minimum atomic E-state index is 0. The molecular weight excluding hydrogens is 347 g/mol. The van der Waals surface area contributed by atoms with Gasteiger partial charge in [0.25, 0.3) is 0 Å². The molecule has 0 radical (unpaired) electrons. The Morgan fingerprint density at radius 2 is 2.41 bits per heavy atom. The lowest BCUT2D eigenvalue weighted by Gasteiger charge is -2.32. The summed E-state index contributed by atoms with van der Waals surface area (Å²) in [5, 5.41) is 3.43. The molecule has 17 heavy (non-hydrogen) atoms. The maximum absolute atomic E-state index is 4.60. The van der Waals surface area contributed by atoms with Crippen LogP contribution in [0.3, 0.4) is 0 Å². The Morgan fingerprint density at radius 1 is 1.47 bits per heavy atom. The molecule has 3 rings (SSSR count). The normalized spacial score (nSPS) is 22.7. The molecule has 4 nitrogen and oxygen atoms in total. The van der Waals surface area contributed by atoms with Crippen molar-refractivity contribution in [2.75, 3.05) is 13.1 Å². The van der Waals surface area contributed by atoms with Gasteiger partial charge in [0.15, 0.2) is 5.96 Å². The average Bonchev–Trinajstić information content (AvgIpc) is 2.96. The fourth-order valence-corrected chi connectivity index (χ4v) is 2.92. The molecule has 94 valence electrons. The van der Waals surface area contributed by atoms with Crippen molar-refractivity contribution < 1.29 is 0 Å². The molecule has 0 saturated carbocycles. The third-order valence-corrected chi connectivity index (χ3v) is 4.01. The smallest absolute Gasteiger partial charge is 0.194 e. The quantitative estimate of drug-likeness (QED) is 0.817. The Kier molecular flexibility index (Phi) is 4.61. The highest BCUT2D eigenvalue weighted by Crippen LogP contribution is 2.21. The van der Waals surface area contributed by atoms with Crippen LogP contribution in [0.25, 0.3) is 0 Å². The highest BCUT2D eigenvalue weighted by Gasteiger charge is 2.29. The van der Waals surface area contributed by atoms with Gasteiger partial charge >= 0.3 is 0 Å². The first-order valence-corrected chi connectivity index (χ1v) is 6.65. The third kappa shape index (κ3) is 2.90. The molecule has 3 heterocycles. The van der Waals surface area contributed by atoms with Gasteiger partial charge in [0.05, 0.1) is 19.1 Å². The van der Waals surface area contributed by atoms with Gasteiger partial charge in [-0.15, -0.1) is 24.0 Å². The van der Waals surface area contributed by atoms with Crippen LogP contribution in [0, 0.1) is 0 Å². The van der Waals surface area contributed by atoms with Crippen LogP contribution in [0.15, 0.2) is 17.3 Å². The van der Waals surface area contributed by atoms with E-state index >= 15 is 0 Å². The molecule has 0 aromatic carbocycles. The summed E-state index contributed by atoms with van der Waals surface area (Å²) >= 11 is 1.55. The summed E-state index contributed by atoms with van der Waals surface area (Å²) in [5.41, 5.74) is 0. The van der Waals surface area contributed by atoms with Crippen molar-refractivity contribution >= 4 is 41.5 Å². The number of hydrogen-bond donors (Lipinski definition) is 1. The van der Waals surface area contributed by atoms with E-state index < -0.39 is 0 Å². The molecule has 2 aliphatic rings. The molecule has 0 unspecified atom stereocenters. The molecule has 1 aromatic heterocycles. The van der Waals surface area contributed by atoms with E-state index in [1.54, 1.807) is 11.5 Å². The Hall–Kier alpha value is -0.370. The Labute approximate surface area is 123 Å². The molecule has 1 fully saturated rings. The van der Waals surface area contributed by atoms with Crippen molar-refractivity contribution in [1.29, 1.82) is 0 Å². The molecule has 1 atom stereocenters. The maximum Gasteiger partial charge on any atom is 0.194 e. The molecule has 1 N–H and O–H groups in total. The molecular formula is C11H17IN4S. The van der Waals surface area contributed by atoms with E-state index in [0.717, 1.165) is 19.0 Å². The number of aliphatic imine (C=N–C) groups is 1. The lowest BCUT2D eigenvalue weighted by atomic mass is 10.0. The van der Waals surface area contributed by atoms with Crippen molar-refractivity contribution in [3.05, 3.63) is 17.1 Å². The largest absolute Gasteiger partial charge is 0.351 e. The monoisotopic (exact) mass is 364 g/mol. The van der Waals surface area contributed by atoms with E-state index in [1.807, 2.05) is 6.20 Å². The highest BCUT2D eigenvalue weighted by molar-refractivity contribution is 14.0. The standard InChI is InChI=1S/C11H16N4S.HI/c1-2-6-15-9(3-1)7-12-11(15)13-8-10-4-5-14-16-10;/h4-5,9H,1-3,6-8H2,(H,12,13);1H/t9-;/m1./s1. The SMILES string of the molecule is I.c1cc(CNC2=NC[C@H]3CCCCN23)sn1. The zero-order chi connectivity index (χ0) is 10.8. The number of nitrogens with zero attached hydrogens (tertiary/aromatic N) is 3. The molecule has 0 aliphatic carbocycles. The summed E-state index contributed by atoms with van der Waals surface area (Å²) in [6.45, 7) is 3.00. The van der Waals surface area contributed by atoms with E-state index in [4.69, 9.17) is 0 Å². The molecule has 1 aromatic rings. The number of guanidine groups is 1. The Balaban J connectivity index is 0.00000108. The third-order valence-electron chi connectivity index (χ3n) is 3.26. The van der Waals surface area contributed by atoms with Crippen molar-refractivity contribution in [2.24, 2.45) is 4.99 Å². The number of aromatic nitrogens is 1. The van der Waals surface area contributed by atoms with E-state index in [1.165, 1.54) is 30.7 Å². The van der Waals surface area contributed by atoms with Gasteiger partial charge in [0, 0.05) is 17.6 Å². The van der Waals surface area contributed by atoms with Crippen LogP contribution in [0.2, 0.25) is 0 Å². The molecule has 0 bridgehead atoms. The van der Waals surface area contributed by atoms with Crippen molar-refractivity contribution in [1.82, 2.24) is 14.6 Å². The van der Waals surface area contributed by atoms with Gasteiger partial charge in [-0.05, 0) is 36.9 Å². The van der Waals surface area contributed by atoms with Crippen LogP contribution in [0.5, 0.6) is 0 Å². The number of hydrogen-bond acceptors (Lipinski definition) is 5. The van der Waals surface area contributed by atoms with Crippen LogP contribution < -0.4 is 5.32 Å². The summed E-state index contributed by atoms with van der Waals surface area (Å²) in [4.78, 5) is 8.30. The van der Waals surface area contributed by atoms with Gasteiger partial charge in [-0.2, -0.15) is 0 Å².